The molecule has 1 amide bonds. The molecule has 2 unspecified atom stereocenters. The van der Waals surface area contributed by atoms with Gasteiger partial charge in [0.15, 0.2) is 0 Å². The Kier molecular flexibility index (Phi) is 2.39. The van der Waals surface area contributed by atoms with Gasteiger partial charge in [-0.05, 0) is 37.0 Å². The first-order chi connectivity index (χ1) is 7.08. The van der Waals surface area contributed by atoms with Crippen LogP contribution in [0.1, 0.15) is 29.3 Å². The minimum Gasteiger partial charge on any atom is -0.399 e. The fourth-order valence-corrected chi connectivity index (χ4v) is 1.65. The summed E-state index contributed by atoms with van der Waals surface area (Å²) in [6.45, 7) is 4.06. The number of hydrogen-bond donors (Lipinski definition) is 2. The lowest BCUT2D eigenvalue weighted by Gasteiger charge is -2.07. The molecule has 1 fully saturated rings. The Morgan fingerprint density at radius 3 is 2.80 bits per heavy atom. The van der Waals surface area contributed by atoms with Gasteiger partial charge in [-0.1, -0.05) is 13.0 Å². The van der Waals surface area contributed by atoms with Crippen LogP contribution >= 0.6 is 0 Å². The standard InChI is InChI=1S/C12H16N2O/c1-7-3-4-9(13)6-10(7)12(15)14-11-5-8(11)2/h3-4,6,8,11H,5,13H2,1-2H3,(H,14,15). The SMILES string of the molecule is Cc1ccc(N)cc1C(=O)NC1CC1C. The van der Waals surface area contributed by atoms with E-state index < -0.39 is 0 Å². The average Bonchev–Trinajstić information content (AvgIpc) is 2.86. The third-order valence-corrected chi connectivity index (χ3v) is 2.93. The largest absolute Gasteiger partial charge is 0.399 e. The Hall–Kier alpha value is -1.51. The van der Waals surface area contributed by atoms with Gasteiger partial charge < -0.3 is 11.1 Å². The summed E-state index contributed by atoms with van der Waals surface area (Å²) in [6, 6.07) is 5.78. The van der Waals surface area contributed by atoms with E-state index in [1.807, 2.05) is 19.1 Å². The number of nitrogens with two attached hydrogens (primary N) is 1. The Morgan fingerprint density at radius 1 is 1.53 bits per heavy atom. The normalized spacial score (nSPS) is 23.6. The zero-order chi connectivity index (χ0) is 11.0. The smallest absolute Gasteiger partial charge is 0.251 e. The van der Waals surface area contributed by atoms with Crippen molar-refractivity contribution in [3.8, 4) is 0 Å². The maximum Gasteiger partial charge on any atom is 0.251 e. The molecule has 3 N–H and O–H groups in total. The lowest BCUT2D eigenvalue weighted by Crippen LogP contribution is -2.27. The predicted octanol–water partition coefficient (Wildman–Crippen LogP) is 1.72. The van der Waals surface area contributed by atoms with Gasteiger partial charge in [0.1, 0.15) is 0 Å². The second-order valence-electron chi connectivity index (χ2n) is 4.37. The zero-order valence-electron chi connectivity index (χ0n) is 9.08. The van der Waals surface area contributed by atoms with E-state index in [1.165, 1.54) is 0 Å². The third kappa shape index (κ3) is 2.12. The van der Waals surface area contributed by atoms with Gasteiger partial charge in [0, 0.05) is 17.3 Å². The van der Waals surface area contributed by atoms with E-state index in [1.54, 1.807) is 6.07 Å². The first-order valence-electron chi connectivity index (χ1n) is 5.25. The van der Waals surface area contributed by atoms with Gasteiger partial charge in [0.05, 0.1) is 0 Å². The molecule has 3 nitrogen and oxygen atoms in total. The molecule has 0 radical (unpaired) electrons. The van der Waals surface area contributed by atoms with Crippen molar-refractivity contribution in [2.45, 2.75) is 26.3 Å². The molecule has 1 saturated carbocycles. The summed E-state index contributed by atoms with van der Waals surface area (Å²) in [5.41, 5.74) is 7.95. The quantitative estimate of drug-likeness (QED) is 0.721. The number of rotatable bonds is 2. The maximum absolute atomic E-state index is 11.8. The van der Waals surface area contributed by atoms with E-state index >= 15 is 0 Å². The van der Waals surface area contributed by atoms with Crippen LogP contribution in [0.15, 0.2) is 18.2 Å². The summed E-state index contributed by atoms with van der Waals surface area (Å²) in [5, 5.41) is 2.99. The molecule has 15 heavy (non-hydrogen) atoms. The van der Waals surface area contributed by atoms with Crippen LogP contribution in [0.2, 0.25) is 0 Å². The van der Waals surface area contributed by atoms with E-state index in [4.69, 9.17) is 5.73 Å². The van der Waals surface area contributed by atoms with Crippen LogP contribution in [0.4, 0.5) is 5.69 Å². The van der Waals surface area contributed by atoms with E-state index in [9.17, 15) is 4.79 Å². The fourth-order valence-electron chi connectivity index (χ4n) is 1.65. The van der Waals surface area contributed by atoms with Gasteiger partial charge in [0.2, 0.25) is 0 Å². The van der Waals surface area contributed by atoms with Crippen molar-refractivity contribution >= 4 is 11.6 Å². The summed E-state index contributed by atoms with van der Waals surface area (Å²) in [4.78, 5) is 11.8. The second-order valence-corrected chi connectivity index (χ2v) is 4.37. The Balaban J connectivity index is 2.14. The van der Waals surface area contributed by atoms with Crippen molar-refractivity contribution in [2.75, 3.05) is 5.73 Å². The molecule has 1 aromatic carbocycles. The number of anilines is 1. The van der Waals surface area contributed by atoms with Gasteiger partial charge in [-0.15, -0.1) is 0 Å². The molecule has 0 aliphatic heterocycles. The molecular formula is C12H16N2O. The van der Waals surface area contributed by atoms with Crippen LogP contribution in [0.5, 0.6) is 0 Å². The van der Waals surface area contributed by atoms with Crippen LogP contribution in [0.25, 0.3) is 0 Å². The molecule has 0 aromatic heterocycles. The molecule has 2 atom stereocenters. The highest BCUT2D eigenvalue weighted by atomic mass is 16.1. The monoisotopic (exact) mass is 204 g/mol. The molecule has 80 valence electrons. The van der Waals surface area contributed by atoms with Gasteiger partial charge >= 0.3 is 0 Å². The molecular weight excluding hydrogens is 188 g/mol. The summed E-state index contributed by atoms with van der Waals surface area (Å²) < 4.78 is 0. The first-order valence-corrected chi connectivity index (χ1v) is 5.25. The van der Waals surface area contributed by atoms with Crippen molar-refractivity contribution in [1.82, 2.24) is 5.32 Å². The fraction of sp³-hybridized carbons (Fsp3) is 0.417. The number of nitrogen functional groups attached to an aromatic ring is 1. The van der Waals surface area contributed by atoms with Crippen molar-refractivity contribution in [3.05, 3.63) is 29.3 Å². The summed E-state index contributed by atoms with van der Waals surface area (Å²) in [6.07, 6.45) is 1.09. The van der Waals surface area contributed by atoms with Gasteiger partial charge in [0.25, 0.3) is 5.91 Å². The van der Waals surface area contributed by atoms with Crippen molar-refractivity contribution in [3.63, 3.8) is 0 Å². The second kappa shape index (κ2) is 3.57. The van der Waals surface area contributed by atoms with Crippen LogP contribution in [0.3, 0.4) is 0 Å². The highest BCUT2D eigenvalue weighted by molar-refractivity contribution is 5.96. The zero-order valence-corrected chi connectivity index (χ0v) is 9.08. The molecule has 0 spiro atoms. The van der Waals surface area contributed by atoms with Gasteiger partial charge in [-0.2, -0.15) is 0 Å². The molecule has 3 heteroatoms. The number of benzene rings is 1. The Labute approximate surface area is 89.7 Å². The number of amides is 1. The molecule has 1 aliphatic rings. The van der Waals surface area contributed by atoms with Crippen molar-refractivity contribution < 1.29 is 4.79 Å². The van der Waals surface area contributed by atoms with E-state index in [2.05, 4.69) is 12.2 Å². The summed E-state index contributed by atoms with van der Waals surface area (Å²) in [7, 11) is 0. The minimum absolute atomic E-state index is 0.00542. The predicted molar refractivity (Wildman–Crippen MR) is 60.6 cm³/mol. The highest BCUT2D eigenvalue weighted by Crippen LogP contribution is 2.29. The molecule has 2 rings (SSSR count). The average molecular weight is 204 g/mol. The Morgan fingerprint density at radius 2 is 2.20 bits per heavy atom. The molecule has 0 saturated heterocycles. The summed E-state index contributed by atoms with van der Waals surface area (Å²) >= 11 is 0. The number of carbonyl (C=O) groups is 1. The van der Waals surface area contributed by atoms with Crippen LogP contribution in [-0.4, -0.2) is 11.9 Å². The van der Waals surface area contributed by atoms with Gasteiger partial charge in [-0.3, -0.25) is 4.79 Å². The molecule has 1 aliphatic carbocycles. The lowest BCUT2D eigenvalue weighted by atomic mass is 10.1. The molecule has 0 bridgehead atoms. The topological polar surface area (TPSA) is 55.1 Å². The van der Waals surface area contributed by atoms with Crippen molar-refractivity contribution in [1.29, 1.82) is 0 Å². The third-order valence-electron chi connectivity index (χ3n) is 2.93. The number of carbonyl (C=O) groups excluding carboxylic acids is 1. The van der Waals surface area contributed by atoms with E-state index in [0.29, 0.717) is 23.2 Å². The minimum atomic E-state index is -0.00542. The number of hydrogen-bond acceptors (Lipinski definition) is 2. The first kappa shape index (κ1) is 10.0. The van der Waals surface area contributed by atoms with Crippen molar-refractivity contribution in [2.24, 2.45) is 5.92 Å². The van der Waals surface area contributed by atoms with Crippen LogP contribution in [-0.2, 0) is 0 Å². The lowest BCUT2D eigenvalue weighted by molar-refractivity contribution is 0.0949. The number of nitrogens with one attached hydrogen (secondary N) is 1. The molecule has 0 heterocycles. The Bertz CT molecular complexity index is 401. The number of aryl methyl sites for hydroxylation is 1. The summed E-state index contributed by atoms with van der Waals surface area (Å²) in [5.74, 6) is 0.615. The van der Waals surface area contributed by atoms with Crippen LogP contribution in [0, 0.1) is 12.8 Å². The highest BCUT2D eigenvalue weighted by Gasteiger charge is 2.34. The van der Waals surface area contributed by atoms with E-state index in [-0.39, 0.29) is 5.91 Å². The van der Waals surface area contributed by atoms with E-state index in [0.717, 1.165) is 12.0 Å². The maximum atomic E-state index is 11.8. The van der Waals surface area contributed by atoms with Crippen LogP contribution < -0.4 is 11.1 Å². The molecule has 1 aromatic rings. The van der Waals surface area contributed by atoms with Gasteiger partial charge in [-0.25, -0.2) is 0 Å².